The SMILES string of the molecule is C[C](C)CN1CCC(I)C1. The highest BCUT2D eigenvalue weighted by Gasteiger charge is 2.19. The number of alkyl halides is 1. The Labute approximate surface area is 77.3 Å². The second kappa shape index (κ2) is 3.90. The standard InChI is InChI=1S/C8H15IN/c1-7(2)5-10-4-3-8(9)6-10/h8H,3-6H2,1-2H3. The van der Waals surface area contributed by atoms with Gasteiger partial charge in [0.15, 0.2) is 0 Å². The molecule has 0 amide bonds. The molecule has 1 radical (unpaired) electrons. The van der Waals surface area contributed by atoms with Crippen LogP contribution < -0.4 is 0 Å². The third-order valence-corrected chi connectivity index (χ3v) is 2.77. The zero-order valence-corrected chi connectivity index (χ0v) is 8.89. The van der Waals surface area contributed by atoms with E-state index < -0.39 is 0 Å². The number of halogens is 1. The molecule has 1 nitrogen and oxygen atoms in total. The van der Waals surface area contributed by atoms with Crippen molar-refractivity contribution in [2.24, 2.45) is 0 Å². The zero-order chi connectivity index (χ0) is 7.56. The minimum Gasteiger partial charge on any atom is -0.302 e. The van der Waals surface area contributed by atoms with E-state index in [1.54, 1.807) is 0 Å². The van der Waals surface area contributed by atoms with Crippen molar-refractivity contribution in [3.05, 3.63) is 5.92 Å². The Hall–Kier alpha value is 0.690. The molecule has 1 saturated heterocycles. The van der Waals surface area contributed by atoms with Crippen LogP contribution in [0.2, 0.25) is 0 Å². The Morgan fingerprint density at radius 1 is 1.60 bits per heavy atom. The van der Waals surface area contributed by atoms with Crippen molar-refractivity contribution in [2.45, 2.75) is 24.2 Å². The average Bonchev–Trinajstić information content (AvgIpc) is 2.13. The Morgan fingerprint density at radius 2 is 2.30 bits per heavy atom. The second-order valence-electron chi connectivity index (χ2n) is 3.33. The quantitative estimate of drug-likeness (QED) is 0.537. The van der Waals surface area contributed by atoms with Crippen LogP contribution in [-0.4, -0.2) is 28.5 Å². The van der Waals surface area contributed by atoms with Gasteiger partial charge in [-0.2, -0.15) is 0 Å². The van der Waals surface area contributed by atoms with E-state index in [0.717, 1.165) is 3.92 Å². The third kappa shape index (κ3) is 2.74. The van der Waals surface area contributed by atoms with E-state index in [1.165, 1.54) is 32.0 Å². The van der Waals surface area contributed by atoms with E-state index in [0.29, 0.717) is 0 Å². The number of hydrogen-bond donors (Lipinski definition) is 0. The molecule has 0 aromatic heterocycles. The van der Waals surface area contributed by atoms with Crippen LogP contribution in [0, 0.1) is 5.92 Å². The Balaban J connectivity index is 2.18. The van der Waals surface area contributed by atoms with Gasteiger partial charge in [0.25, 0.3) is 0 Å². The maximum Gasteiger partial charge on any atom is 0.0249 e. The average molecular weight is 252 g/mol. The number of likely N-dealkylation sites (tertiary alicyclic amines) is 1. The van der Waals surface area contributed by atoms with Gasteiger partial charge in [-0.15, -0.1) is 0 Å². The molecule has 0 N–H and O–H groups in total. The maximum atomic E-state index is 2.54. The molecule has 0 saturated carbocycles. The fourth-order valence-corrected chi connectivity index (χ4v) is 2.21. The zero-order valence-electron chi connectivity index (χ0n) is 6.73. The molecule has 59 valence electrons. The van der Waals surface area contributed by atoms with Crippen LogP contribution >= 0.6 is 22.6 Å². The number of hydrogen-bond acceptors (Lipinski definition) is 1. The summed E-state index contributed by atoms with van der Waals surface area (Å²) >= 11 is 2.54. The van der Waals surface area contributed by atoms with Crippen LogP contribution in [0.1, 0.15) is 20.3 Å². The third-order valence-electron chi connectivity index (χ3n) is 1.75. The largest absolute Gasteiger partial charge is 0.302 e. The molecule has 1 rings (SSSR count). The highest BCUT2D eigenvalue weighted by atomic mass is 127. The minimum atomic E-state index is 0.900. The summed E-state index contributed by atoms with van der Waals surface area (Å²) in [7, 11) is 0. The van der Waals surface area contributed by atoms with Gasteiger partial charge in [0, 0.05) is 17.0 Å². The number of nitrogens with zero attached hydrogens (tertiary/aromatic N) is 1. The van der Waals surface area contributed by atoms with Gasteiger partial charge >= 0.3 is 0 Å². The summed E-state index contributed by atoms with van der Waals surface area (Å²) in [5.74, 6) is 1.53. The van der Waals surface area contributed by atoms with E-state index >= 15 is 0 Å². The van der Waals surface area contributed by atoms with Crippen molar-refractivity contribution >= 4 is 22.6 Å². The lowest BCUT2D eigenvalue weighted by atomic mass is 10.2. The monoisotopic (exact) mass is 252 g/mol. The summed E-state index contributed by atoms with van der Waals surface area (Å²) < 4.78 is 0.900. The van der Waals surface area contributed by atoms with Crippen LogP contribution in [0.4, 0.5) is 0 Å². The molecule has 1 fully saturated rings. The summed E-state index contributed by atoms with van der Waals surface area (Å²) in [6.45, 7) is 8.23. The molecule has 0 aromatic carbocycles. The Morgan fingerprint density at radius 3 is 2.70 bits per heavy atom. The molecule has 10 heavy (non-hydrogen) atoms. The number of rotatable bonds is 2. The van der Waals surface area contributed by atoms with E-state index in [-0.39, 0.29) is 0 Å². The van der Waals surface area contributed by atoms with Gasteiger partial charge in [-0.3, -0.25) is 0 Å². The van der Waals surface area contributed by atoms with Gasteiger partial charge in [0.05, 0.1) is 0 Å². The molecule has 0 bridgehead atoms. The van der Waals surface area contributed by atoms with Crippen LogP contribution in [0.25, 0.3) is 0 Å². The van der Waals surface area contributed by atoms with Crippen LogP contribution in [0.15, 0.2) is 0 Å². The van der Waals surface area contributed by atoms with Gasteiger partial charge in [0.2, 0.25) is 0 Å². The second-order valence-corrected chi connectivity index (χ2v) is 5.09. The minimum absolute atomic E-state index is 0.900. The van der Waals surface area contributed by atoms with E-state index in [2.05, 4.69) is 41.3 Å². The van der Waals surface area contributed by atoms with Crippen molar-refractivity contribution in [2.75, 3.05) is 19.6 Å². The predicted molar refractivity (Wildman–Crippen MR) is 53.5 cm³/mol. The van der Waals surface area contributed by atoms with Crippen LogP contribution in [0.5, 0.6) is 0 Å². The summed E-state index contributed by atoms with van der Waals surface area (Å²) in [6.07, 6.45) is 1.38. The fraction of sp³-hybridized carbons (Fsp3) is 0.875. The summed E-state index contributed by atoms with van der Waals surface area (Å²) in [5, 5.41) is 0. The highest BCUT2D eigenvalue weighted by Crippen LogP contribution is 2.17. The first-order chi connectivity index (χ1) is 4.68. The summed E-state index contributed by atoms with van der Waals surface area (Å²) in [6, 6.07) is 0. The molecular weight excluding hydrogens is 237 g/mol. The van der Waals surface area contributed by atoms with E-state index in [9.17, 15) is 0 Å². The van der Waals surface area contributed by atoms with Crippen molar-refractivity contribution in [3.63, 3.8) is 0 Å². The van der Waals surface area contributed by atoms with Crippen molar-refractivity contribution in [3.8, 4) is 0 Å². The Bertz CT molecular complexity index is 103. The van der Waals surface area contributed by atoms with Crippen molar-refractivity contribution < 1.29 is 0 Å². The van der Waals surface area contributed by atoms with Gasteiger partial charge in [-0.25, -0.2) is 0 Å². The van der Waals surface area contributed by atoms with E-state index in [4.69, 9.17) is 0 Å². The Kier molecular flexibility index (Phi) is 3.43. The molecule has 0 aliphatic carbocycles. The maximum absolute atomic E-state index is 2.54. The smallest absolute Gasteiger partial charge is 0.0249 e. The topological polar surface area (TPSA) is 3.24 Å². The van der Waals surface area contributed by atoms with Gasteiger partial charge in [-0.1, -0.05) is 36.4 Å². The predicted octanol–water partition coefficient (Wildman–Crippen LogP) is 2.11. The lowest BCUT2D eigenvalue weighted by Crippen LogP contribution is -2.24. The summed E-state index contributed by atoms with van der Waals surface area (Å²) in [5.41, 5.74) is 0. The molecule has 0 aromatic rings. The first-order valence-corrected chi connectivity index (χ1v) is 5.08. The highest BCUT2D eigenvalue weighted by molar-refractivity contribution is 14.1. The van der Waals surface area contributed by atoms with Crippen LogP contribution in [-0.2, 0) is 0 Å². The molecule has 1 aliphatic heterocycles. The van der Waals surface area contributed by atoms with E-state index in [1.807, 2.05) is 0 Å². The molecule has 1 atom stereocenters. The lowest BCUT2D eigenvalue weighted by Gasteiger charge is -2.16. The van der Waals surface area contributed by atoms with Gasteiger partial charge < -0.3 is 4.90 Å². The molecular formula is C8H15IN. The van der Waals surface area contributed by atoms with Gasteiger partial charge in [0.1, 0.15) is 0 Å². The van der Waals surface area contributed by atoms with Crippen molar-refractivity contribution in [1.82, 2.24) is 4.90 Å². The summed E-state index contributed by atoms with van der Waals surface area (Å²) in [4.78, 5) is 2.53. The molecule has 0 spiro atoms. The van der Waals surface area contributed by atoms with Gasteiger partial charge in [-0.05, 0) is 18.9 Å². The first kappa shape index (κ1) is 8.78. The fourth-order valence-electron chi connectivity index (χ4n) is 1.38. The molecule has 1 heterocycles. The molecule has 1 aliphatic rings. The molecule has 1 unspecified atom stereocenters. The van der Waals surface area contributed by atoms with Crippen molar-refractivity contribution in [1.29, 1.82) is 0 Å². The lowest BCUT2D eigenvalue weighted by molar-refractivity contribution is 0.354. The van der Waals surface area contributed by atoms with Crippen LogP contribution in [0.3, 0.4) is 0 Å². The first-order valence-electron chi connectivity index (χ1n) is 3.84. The normalized spacial score (nSPS) is 28.2. The molecule has 2 heteroatoms.